The standard InChI is InChI=1S/C15H21N2O4P/c1-3-9-17(4-2)10-8-12-11-16-15-13(12)6-5-7-14(15)21-22(18,19)20/h3,5-7,11,16H,1,4,8-10H2,2H3,(H2,18,19,20). The lowest BCUT2D eigenvalue weighted by molar-refractivity contribution is 0.284. The van der Waals surface area contributed by atoms with Gasteiger partial charge in [-0.15, -0.1) is 6.58 Å². The number of phosphoric acid groups is 1. The minimum Gasteiger partial charge on any atom is -0.402 e. The second kappa shape index (κ2) is 7.11. The molecule has 0 amide bonds. The Morgan fingerprint density at radius 2 is 2.23 bits per heavy atom. The van der Waals surface area contributed by atoms with Crippen LogP contribution < -0.4 is 4.52 Å². The molecule has 2 rings (SSSR count). The quantitative estimate of drug-likeness (QED) is 0.513. The van der Waals surface area contributed by atoms with Crippen molar-refractivity contribution in [1.82, 2.24) is 9.88 Å². The van der Waals surface area contributed by atoms with Crippen molar-refractivity contribution in [2.24, 2.45) is 0 Å². The Kier molecular flexibility index (Phi) is 5.42. The summed E-state index contributed by atoms with van der Waals surface area (Å²) in [7, 11) is -4.57. The van der Waals surface area contributed by atoms with Gasteiger partial charge in [0.1, 0.15) is 0 Å². The number of aromatic nitrogens is 1. The molecule has 0 radical (unpaired) electrons. The van der Waals surface area contributed by atoms with Crippen LogP contribution in [0.4, 0.5) is 0 Å². The SMILES string of the molecule is C=CCN(CC)CCc1c[nH]c2c(OP(=O)(O)O)cccc12. The van der Waals surface area contributed by atoms with Gasteiger partial charge in [-0.25, -0.2) is 4.57 Å². The first-order chi connectivity index (χ1) is 10.4. The van der Waals surface area contributed by atoms with Crippen molar-refractivity contribution in [3.63, 3.8) is 0 Å². The number of rotatable bonds is 8. The maximum Gasteiger partial charge on any atom is 0.524 e. The third kappa shape index (κ3) is 4.21. The van der Waals surface area contributed by atoms with Crippen molar-refractivity contribution >= 4 is 18.7 Å². The summed E-state index contributed by atoms with van der Waals surface area (Å²) in [5.74, 6) is 0.163. The van der Waals surface area contributed by atoms with Gasteiger partial charge in [0, 0.05) is 24.7 Å². The van der Waals surface area contributed by atoms with Crippen LogP contribution in [0, 0.1) is 0 Å². The van der Waals surface area contributed by atoms with Crippen LogP contribution in [0.25, 0.3) is 10.9 Å². The molecule has 0 atom stereocenters. The van der Waals surface area contributed by atoms with Crippen molar-refractivity contribution in [3.8, 4) is 5.75 Å². The fraction of sp³-hybridized carbons (Fsp3) is 0.333. The van der Waals surface area contributed by atoms with Crippen molar-refractivity contribution in [2.75, 3.05) is 19.6 Å². The molecule has 0 unspecified atom stereocenters. The highest BCUT2D eigenvalue weighted by molar-refractivity contribution is 7.46. The fourth-order valence-electron chi connectivity index (χ4n) is 2.44. The highest BCUT2D eigenvalue weighted by atomic mass is 31.2. The molecule has 7 heteroatoms. The van der Waals surface area contributed by atoms with Crippen LogP contribution in [0.2, 0.25) is 0 Å². The highest BCUT2D eigenvalue weighted by Crippen LogP contribution is 2.40. The summed E-state index contributed by atoms with van der Waals surface area (Å²) in [6.45, 7) is 8.52. The zero-order valence-electron chi connectivity index (χ0n) is 12.5. The Bertz CT molecular complexity index is 692. The van der Waals surface area contributed by atoms with Gasteiger partial charge in [-0.2, -0.15) is 0 Å². The molecule has 22 heavy (non-hydrogen) atoms. The molecule has 0 aliphatic heterocycles. The van der Waals surface area contributed by atoms with Crippen LogP contribution in [0.1, 0.15) is 12.5 Å². The molecule has 0 aliphatic carbocycles. The summed E-state index contributed by atoms with van der Waals surface area (Å²) < 4.78 is 15.7. The van der Waals surface area contributed by atoms with E-state index < -0.39 is 7.82 Å². The number of para-hydroxylation sites is 1. The van der Waals surface area contributed by atoms with E-state index in [1.165, 1.54) is 6.07 Å². The summed E-state index contributed by atoms with van der Waals surface area (Å²) in [4.78, 5) is 23.2. The van der Waals surface area contributed by atoms with Crippen LogP contribution in [-0.2, 0) is 11.0 Å². The smallest absolute Gasteiger partial charge is 0.402 e. The first-order valence-corrected chi connectivity index (χ1v) is 8.65. The zero-order chi connectivity index (χ0) is 16.2. The summed E-state index contributed by atoms with van der Waals surface area (Å²) in [6.07, 6.45) is 4.57. The Balaban J connectivity index is 2.21. The van der Waals surface area contributed by atoms with Crippen LogP contribution in [0.3, 0.4) is 0 Å². The summed E-state index contributed by atoms with van der Waals surface area (Å²) in [5, 5.41) is 0.917. The summed E-state index contributed by atoms with van der Waals surface area (Å²) >= 11 is 0. The number of nitrogens with zero attached hydrogens (tertiary/aromatic N) is 1. The normalized spacial score (nSPS) is 12.0. The average Bonchev–Trinajstić information content (AvgIpc) is 2.86. The Morgan fingerprint density at radius 3 is 2.86 bits per heavy atom. The Hall–Kier alpha value is -1.59. The van der Waals surface area contributed by atoms with Gasteiger partial charge in [-0.1, -0.05) is 25.1 Å². The third-order valence-electron chi connectivity index (χ3n) is 3.51. The van der Waals surface area contributed by atoms with Gasteiger partial charge in [-0.05, 0) is 24.6 Å². The van der Waals surface area contributed by atoms with Gasteiger partial charge in [0.05, 0.1) is 5.52 Å². The topological polar surface area (TPSA) is 85.8 Å². The molecular formula is C15H21N2O4P. The number of H-pyrrole nitrogens is 1. The van der Waals surface area contributed by atoms with Crippen LogP contribution in [0.5, 0.6) is 5.75 Å². The molecule has 3 N–H and O–H groups in total. The molecule has 0 aliphatic rings. The average molecular weight is 324 g/mol. The number of nitrogens with one attached hydrogen (secondary N) is 1. The van der Waals surface area contributed by atoms with Crippen molar-refractivity contribution in [1.29, 1.82) is 0 Å². The molecule has 1 aromatic heterocycles. The van der Waals surface area contributed by atoms with Gasteiger partial charge >= 0.3 is 7.82 Å². The molecular weight excluding hydrogens is 303 g/mol. The van der Waals surface area contributed by atoms with Gasteiger partial charge < -0.3 is 9.51 Å². The van der Waals surface area contributed by atoms with E-state index in [4.69, 9.17) is 14.3 Å². The fourth-order valence-corrected chi connectivity index (χ4v) is 2.84. The minimum absolute atomic E-state index is 0.163. The van der Waals surface area contributed by atoms with E-state index in [1.54, 1.807) is 6.07 Å². The molecule has 1 heterocycles. The lowest BCUT2D eigenvalue weighted by atomic mass is 10.1. The second-order valence-electron chi connectivity index (χ2n) is 5.01. The molecule has 0 spiro atoms. The molecule has 120 valence electrons. The predicted molar refractivity (Wildman–Crippen MR) is 87.0 cm³/mol. The minimum atomic E-state index is -4.57. The van der Waals surface area contributed by atoms with E-state index in [0.717, 1.165) is 37.0 Å². The Morgan fingerprint density at radius 1 is 1.45 bits per heavy atom. The molecule has 0 fully saturated rings. The van der Waals surface area contributed by atoms with Gasteiger partial charge in [-0.3, -0.25) is 14.7 Å². The van der Waals surface area contributed by atoms with E-state index in [0.29, 0.717) is 5.52 Å². The monoisotopic (exact) mass is 324 g/mol. The largest absolute Gasteiger partial charge is 0.524 e. The molecule has 0 saturated heterocycles. The third-order valence-corrected chi connectivity index (χ3v) is 3.95. The molecule has 1 aromatic carbocycles. The second-order valence-corrected chi connectivity index (χ2v) is 6.17. The molecule has 0 saturated carbocycles. The van der Waals surface area contributed by atoms with E-state index >= 15 is 0 Å². The van der Waals surface area contributed by atoms with Crippen molar-refractivity contribution < 1.29 is 18.9 Å². The maximum absolute atomic E-state index is 11.0. The maximum atomic E-state index is 11.0. The van der Waals surface area contributed by atoms with Crippen LogP contribution in [0.15, 0.2) is 37.1 Å². The first kappa shape index (κ1) is 16.8. The first-order valence-electron chi connectivity index (χ1n) is 7.12. The predicted octanol–water partition coefficient (Wildman–Crippen LogP) is 2.69. The molecule has 6 nitrogen and oxygen atoms in total. The highest BCUT2D eigenvalue weighted by Gasteiger charge is 2.19. The number of benzene rings is 1. The van der Waals surface area contributed by atoms with Gasteiger partial charge in [0.2, 0.25) is 0 Å². The number of fused-ring (bicyclic) bond motifs is 1. The lowest BCUT2D eigenvalue weighted by Crippen LogP contribution is -2.25. The number of likely N-dealkylation sites (N-methyl/N-ethyl adjacent to an activating group) is 1. The van der Waals surface area contributed by atoms with E-state index in [-0.39, 0.29) is 5.75 Å². The molecule has 0 bridgehead atoms. The van der Waals surface area contributed by atoms with Crippen LogP contribution in [-0.4, -0.2) is 39.3 Å². The number of phosphoric ester groups is 1. The molecule has 2 aromatic rings. The van der Waals surface area contributed by atoms with Crippen molar-refractivity contribution in [2.45, 2.75) is 13.3 Å². The van der Waals surface area contributed by atoms with Crippen LogP contribution >= 0.6 is 7.82 Å². The lowest BCUT2D eigenvalue weighted by Gasteiger charge is -2.17. The Labute approximate surface area is 129 Å². The van der Waals surface area contributed by atoms with Gasteiger partial charge in [0.15, 0.2) is 5.75 Å². The number of hydrogen-bond donors (Lipinski definition) is 3. The van der Waals surface area contributed by atoms with E-state index in [1.807, 2.05) is 18.3 Å². The number of hydrogen-bond acceptors (Lipinski definition) is 3. The van der Waals surface area contributed by atoms with Gasteiger partial charge in [0.25, 0.3) is 0 Å². The zero-order valence-corrected chi connectivity index (χ0v) is 13.4. The van der Waals surface area contributed by atoms with E-state index in [2.05, 4.69) is 23.4 Å². The van der Waals surface area contributed by atoms with Crippen molar-refractivity contribution in [3.05, 3.63) is 42.6 Å². The summed E-state index contributed by atoms with van der Waals surface area (Å²) in [5.41, 5.74) is 1.70. The number of aromatic amines is 1. The van der Waals surface area contributed by atoms with E-state index in [9.17, 15) is 4.57 Å². The summed E-state index contributed by atoms with van der Waals surface area (Å²) in [6, 6.07) is 5.18.